The molecule has 4 heteroatoms. The van der Waals surface area contributed by atoms with Crippen molar-refractivity contribution in [2.24, 2.45) is 0 Å². The van der Waals surface area contributed by atoms with Gasteiger partial charge in [-0.2, -0.15) is 0 Å². The highest BCUT2D eigenvalue weighted by molar-refractivity contribution is 6.20. The normalized spacial score (nSPS) is 12.0. The SMILES string of the molecule is c1cnc2c(c1)ccc1c(-c3ccc(-c4cc(-n5c6ccccc6c6ccccc65)cc(-n5c6ccccc6c6ccccc65)c4)c4ccccc34)c3ccccc3nc12. The molecule has 4 heterocycles. The van der Waals surface area contributed by atoms with Crippen LogP contribution in [0.3, 0.4) is 0 Å². The van der Waals surface area contributed by atoms with Crippen LogP contribution in [-0.4, -0.2) is 19.1 Å². The van der Waals surface area contributed by atoms with Gasteiger partial charge in [0.25, 0.3) is 0 Å². The van der Waals surface area contributed by atoms with Crippen LogP contribution in [0.1, 0.15) is 0 Å². The number of hydrogen-bond donors (Lipinski definition) is 0. The van der Waals surface area contributed by atoms with E-state index in [2.05, 4.69) is 203 Å². The second kappa shape index (κ2) is 12.7. The van der Waals surface area contributed by atoms with E-state index in [9.17, 15) is 0 Å². The molecule has 0 atom stereocenters. The lowest BCUT2D eigenvalue weighted by atomic mass is 9.88. The van der Waals surface area contributed by atoms with Crippen molar-refractivity contribution in [1.29, 1.82) is 0 Å². The summed E-state index contributed by atoms with van der Waals surface area (Å²) in [5.41, 5.74) is 14.4. The van der Waals surface area contributed by atoms with Crippen molar-refractivity contribution in [2.75, 3.05) is 0 Å². The Kier molecular flexibility index (Phi) is 6.98. The Bertz CT molecular complexity index is 3670. The average Bonchev–Trinajstić information content (AvgIpc) is 3.83. The third-order valence-corrected chi connectivity index (χ3v) is 12.5. The summed E-state index contributed by atoms with van der Waals surface area (Å²) < 4.78 is 4.88. The molecule has 0 amide bonds. The highest BCUT2D eigenvalue weighted by Crippen LogP contribution is 2.44. The van der Waals surface area contributed by atoms with E-state index in [-0.39, 0.29) is 0 Å². The molecule has 13 aromatic rings. The van der Waals surface area contributed by atoms with Crippen molar-refractivity contribution < 1.29 is 0 Å². The van der Waals surface area contributed by atoms with Crippen molar-refractivity contribution >= 4 is 87.1 Å². The Morgan fingerprint density at radius 1 is 0.333 bits per heavy atom. The summed E-state index contributed by atoms with van der Waals surface area (Å²) in [6.07, 6.45) is 1.86. The van der Waals surface area contributed by atoms with Crippen LogP contribution < -0.4 is 0 Å². The minimum atomic E-state index is 0.919. The number of fused-ring (bicyclic) bond motifs is 11. The molecular weight excluding hydrogens is 729 g/mol. The van der Waals surface area contributed by atoms with Gasteiger partial charge in [0.05, 0.1) is 38.6 Å². The number of hydrogen-bond acceptors (Lipinski definition) is 2. The Morgan fingerprint density at radius 2 is 0.817 bits per heavy atom. The number of para-hydroxylation sites is 5. The van der Waals surface area contributed by atoms with E-state index in [1.54, 1.807) is 0 Å². The molecule has 0 saturated carbocycles. The van der Waals surface area contributed by atoms with Gasteiger partial charge >= 0.3 is 0 Å². The number of pyridine rings is 2. The number of rotatable bonds is 4. The van der Waals surface area contributed by atoms with Crippen molar-refractivity contribution in [2.45, 2.75) is 0 Å². The standard InChI is InChI=1S/C56H34N4/c1-2-16-41-40(15-1)39(29-30-46(41)54-47-21-3-8-22-49(47)58-56-48(54)28-27-35-14-13-31-57-55(35)56)36-32-37(59-50-23-9-4-17-42(50)43-18-5-10-24-51(43)59)34-38(33-36)60-52-25-11-6-19-44(52)45-20-7-12-26-53(45)60/h1-34H. The van der Waals surface area contributed by atoms with E-state index >= 15 is 0 Å². The second-order valence-corrected chi connectivity index (χ2v) is 15.7. The molecule has 60 heavy (non-hydrogen) atoms. The van der Waals surface area contributed by atoms with Gasteiger partial charge in [0.1, 0.15) is 0 Å². The molecule has 0 aliphatic heterocycles. The predicted octanol–water partition coefficient (Wildman–Crippen LogP) is 14.6. The third kappa shape index (κ3) is 4.73. The quantitative estimate of drug-likeness (QED) is 0.132. The van der Waals surface area contributed by atoms with E-state index in [0.29, 0.717) is 0 Å². The van der Waals surface area contributed by atoms with Crippen molar-refractivity contribution in [3.63, 3.8) is 0 Å². The molecule has 0 aliphatic carbocycles. The molecule has 9 aromatic carbocycles. The lowest BCUT2D eigenvalue weighted by Gasteiger charge is -2.19. The molecule has 0 radical (unpaired) electrons. The van der Waals surface area contributed by atoms with Crippen molar-refractivity contribution in [1.82, 2.24) is 19.1 Å². The maximum absolute atomic E-state index is 5.22. The summed E-state index contributed by atoms with van der Waals surface area (Å²) in [4.78, 5) is 10.1. The Labute approximate surface area is 344 Å². The van der Waals surface area contributed by atoms with Gasteiger partial charge in [0.15, 0.2) is 0 Å². The molecule has 0 unspecified atom stereocenters. The molecule has 0 bridgehead atoms. The Hall–Kier alpha value is -8.08. The first-order valence-electron chi connectivity index (χ1n) is 20.5. The Morgan fingerprint density at radius 3 is 1.40 bits per heavy atom. The van der Waals surface area contributed by atoms with Gasteiger partial charge in [-0.25, -0.2) is 4.98 Å². The van der Waals surface area contributed by atoms with Gasteiger partial charge in [-0.15, -0.1) is 0 Å². The molecule has 0 fully saturated rings. The van der Waals surface area contributed by atoms with Crippen LogP contribution in [0.15, 0.2) is 206 Å². The van der Waals surface area contributed by atoms with Crippen LogP contribution in [0.4, 0.5) is 0 Å². The van der Waals surface area contributed by atoms with Crippen LogP contribution in [0.2, 0.25) is 0 Å². The third-order valence-electron chi connectivity index (χ3n) is 12.5. The molecule has 0 saturated heterocycles. The predicted molar refractivity (Wildman–Crippen MR) is 252 cm³/mol. The Balaban J connectivity index is 1.12. The van der Waals surface area contributed by atoms with E-state index in [1.807, 2.05) is 12.3 Å². The fourth-order valence-electron chi connectivity index (χ4n) is 9.96. The van der Waals surface area contributed by atoms with Crippen LogP contribution in [0, 0.1) is 0 Å². The highest BCUT2D eigenvalue weighted by Gasteiger charge is 2.20. The molecular formula is C56H34N4. The fourth-order valence-corrected chi connectivity index (χ4v) is 9.96. The molecule has 0 spiro atoms. The first kappa shape index (κ1) is 32.9. The smallest absolute Gasteiger partial charge is 0.0978 e. The van der Waals surface area contributed by atoms with Crippen LogP contribution in [0.25, 0.3) is 121 Å². The zero-order chi connectivity index (χ0) is 39.3. The fraction of sp³-hybridized carbons (Fsp3) is 0. The summed E-state index contributed by atoms with van der Waals surface area (Å²) in [6, 6.07) is 72.8. The maximum Gasteiger partial charge on any atom is 0.0978 e. The maximum atomic E-state index is 5.22. The second-order valence-electron chi connectivity index (χ2n) is 15.7. The van der Waals surface area contributed by atoms with Gasteiger partial charge in [0.2, 0.25) is 0 Å². The molecule has 4 nitrogen and oxygen atoms in total. The average molecular weight is 763 g/mol. The van der Waals surface area contributed by atoms with Gasteiger partial charge in [-0.05, 0) is 82.1 Å². The minimum Gasteiger partial charge on any atom is -0.309 e. The lowest BCUT2D eigenvalue weighted by molar-refractivity contribution is 1.13. The van der Waals surface area contributed by atoms with Crippen LogP contribution >= 0.6 is 0 Å². The highest BCUT2D eigenvalue weighted by atomic mass is 15.0. The van der Waals surface area contributed by atoms with Gasteiger partial charge in [-0.1, -0.05) is 146 Å². The summed E-state index contributed by atoms with van der Waals surface area (Å²) in [5.74, 6) is 0. The van der Waals surface area contributed by atoms with Crippen molar-refractivity contribution in [3.8, 4) is 33.6 Å². The first-order valence-corrected chi connectivity index (χ1v) is 20.5. The van der Waals surface area contributed by atoms with Crippen LogP contribution in [0.5, 0.6) is 0 Å². The molecule has 13 rings (SSSR count). The first-order chi connectivity index (χ1) is 29.8. The molecule has 0 aliphatic rings. The number of benzene rings is 9. The molecule has 4 aromatic heterocycles. The zero-order valence-corrected chi connectivity index (χ0v) is 32.4. The largest absolute Gasteiger partial charge is 0.309 e. The lowest BCUT2D eigenvalue weighted by Crippen LogP contribution is -2.00. The van der Waals surface area contributed by atoms with Gasteiger partial charge in [-0.3, -0.25) is 4.98 Å². The minimum absolute atomic E-state index is 0.919. The molecule has 278 valence electrons. The summed E-state index contributed by atoms with van der Waals surface area (Å²) in [5, 5.41) is 10.7. The van der Waals surface area contributed by atoms with Crippen LogP contribution in [-0.2, 0) is 0 Å². The number of nitrogens with zero attached hydrogens (tertiary/aromatic N) is 4. The van der Waals surface area contributed by atoms with E-state index in [4.69, 9.17) is 9.97 Å². The topological polar surface area (TPSA) is 35.6 Å². The van der Waals surface area contributed by atoms with E-state index in [0.717, 1.165) is 49.6 Å². The summed E-state index contributed by atoms with van der Waals surface area (Å²) >= 11 is 0. The molecule has 0 N–H and O–H groups in total. The number of aromatic nitrogens is 4. The van der Waals surface area contributed by atoms with E-state index < -0.39 is 0 Å². The summed E-state index contributed by atoms with van der Waals surface area (Å²) in [7, 11) is 0. The van der Waals surface area contributed by atoms with Gasteiger partial charge in [0, 0.05) is 60.8 Å². The summed E-state index contributed by atoms with van der Waals surface area (Å²) in [6.45, 7) is 0. The van der Waals surface area contributed by atoms with Crippen molar-refractivity contribution in [3.05, 3.63) is 206 Å². The van der Waals surface area contributed by atoms with E-state index in [1.165, 1.54) is 71.1 Å². The zero-order valence-electron chi connectivity index (χ0n) is 32.4. The monoisotopic (exact) mass is 762 g/mol. The van der Waals surface area contributed by atoms with Gasteiger partial charge < -0.3 is 9.13 Å².